The molecule has 0 bridgehead atoms. The molecule has 1 aliphatic rings. The molecule has 0 atom stereocenters. The van der Waals surface area contributed by atoms with Gasteiger partial charge in [0.1, 0.15) is 0 Å². The summed E-state index contributed by atoms with van der Waals surface area (Å²) in [4.78, 5) is 14.7. The minimum absolute atomic E-state index is 0.0356. The van der Waals surface area contributed by atoms with E-state index >= 15 is 0 Å². The van der Waals surface area contributed by atoms with Crippen LogP contribution in [-0.2, 0) is 9.84 Å². The van der Waals surface area contributed by atoms with Crippen molar-refractivity contribution in [3.8, 4) is 6.19 Å². The van der Waals surface area contributed by atoms with Crippen molar-refractivity contribution < 1.29 is 18.3 Å². The number of carboxylic acid groups (broad SMARTS) is 1. The van der Waals surface area contributed by atoms with Crippen LogP contribution >= 0.6 is 0 Å². The van der Waals surface area contributed by atoms with E-state index in [4.69, 9.17) is 10.4 Å². The van der Waals surface area contributed by atoms with Crippen molar-refractivity contribution in [3.63, 3.8) is 0 Å². The summed E-state index contributed by atoms with van der Waals surface area (Å²) in [6.07, 6.45) is 4.34. The van der Waals surface area contributed by atoms with Gasteiger partial charge < -0.3 is 5.11 Å². The number of carboxylic acids is 1. The van der Waals surface area contributed by atoms with Gasteiger partial charge in [0.2, 0.25) is 16.0 Å². The third-order valence-electron chi connectivity index (χ3n) is 4.07. The van der Waals surface area contributed by atoms with Gasteiger partial charge in [0, 0.05) is 0 Å². The van der Waals surface area contributed by atoms with Crippen LogP contribution in [0, 0.1) is 18.4 Å². The van der Waals surface area contributed by atoms with Crippen LogP contribution in [0.1, 0.15) is 27.0 Å². The van der Waals surface area contributed by atoms with Crippen molar-refractivity contribution in [1.82, 2.24) is 0 Å². The Morgan fingerprint density at radius 3 is 1.89 bits per heavy atom. The quantitative estimate of drug-likeness (QED) is 0.823. The Labute approximate surface area is 156 Å². The van der Waals surface area contributed by atoms with E-state index in [0.717, 1.165) is 5.56 Å². The summed E-state index contributed by atoms with van der Waals surface area (Å²) < 4.78 is 26.4. The molecule has 0 radical (unpaired) electrons. The molecule has 2 aromatic carbocycles. The van der Waals surface area contributed by atoms with E-state index in [1.165, 1.54) is 36.4 Å². The fourth-order valence-corrected chi connectivity index (χ4v) is 4.36. The molecule has 1 N–H and O–H groups in total. The van der Waals surface area contributed by atoms with Gasteiger partial charge >= 0.3 is 5.97 Å². The Balaban J connectivity index is 2.16. The molecule has 6 nitrogen and oxygen atoms in total. The molecular formula is C20H14N2O4S. The average Bonchev–Trinajstić information content (AvgIpc) is 2.64. The summed E-state index contributed by atoms with van der Waals surface area (Å²) >= 11 is 0. The van der Waals surface area contributed by atoms with Crippen LogP contribution in [0.15, 0.2) is 65.7 Å². The van der Waals surface area contributed by atoms with Crippen molar-refractivity contribution >= 4 is 31.3 Å². The van der Waals surface area contributed by atoms with Gasteiger partial charge in [-0.3, -0.25) is 0 Å². The Hall–Kier alpha value is -3.50. The van der Waals surface area contributed by atoms with Gasteiger partial charge in [-0.1, -0.05) is 42.0 Å². The first kappa shape index (κ1) is 18.3. The largest absolute Gasteiger partial charge is 0.478 e. The molecule has 0 aromatic heterocycles. The molecule has 2 aromatic rings. The van der Waals surface area contributed by atoms with Crippen LogP contribution in [-0.4, -0.2) is 25.2 Å². The van der Waals surface area contributed by atoms with Crippen molar-refractivity contribution in [3.05, 3.63) is 82.9 Å². The smallest absolute Gasteiger partial charge is 0.335 e. The first-order chi connectivity index (χ1) is 12.8. The van der Waals surface area contributed by atoms with Crippen LogP contribution in [0.3, 0.4) is 0 Å². The summed E-state index contributed by atoms with van der Waals surface area (Å²) in [5, 5.41) is 17.9. The third-order valence-corrected chi connectivity index (χ3v) is 5.93. The molecule has 134 valence electrons. The number of hydrogen-bond acceptors (Lipinski definition) is 5. The van der Waals surface area contributed by atoms with E-state index in [9.17, 15) is 13.2 Å². The zero-order valence-corrected chi connectivity index (χ0v) is 15.1. The highest BCUT2D eigenvalue weighted by Gasteiger charge is 2.30. The molecule has 0 spiro atoms. The lowest BCUT2D eigenvalue weighted by Crippen LogP contribution is -2.14. The summed E-state index contributed by atoms with van der Waals surface area (Å²) in [5.74, 6) is -1.10. The minimum Gasteiger partial charge on any atom is -0.478 e. The SMILES string of the molecule is Cc1ccc(C2=CC(=NC#N)C=C(c3ccc(C(=O)O)cc3)S2(=O)=O)cc1. The Kier molecular flexibility index (Phi) is 4.75. The molecule has 1 heterocycles. The van der Waals surface area contributed by atoms with E-state index in [1.54, 1.807) is 30.5 Å². The summed E-state index contributed by atoms with van der Waals surface area (Å²) in [5.41, 5.74) is 2.05. The fraction of sp³-hybridized carbons (Fsp3) is 0.0500. The van der Waals surface area contributed by atoms with E-state index < -0.39 is 15.8 Å². The third kappa shape index (κ3) is 3.57. The lowest BCUT2D eigenvalue weighted by atomic mass is 10.1. The molecule has 0 unspecified atom stereocenters. The predicted molar refractivity (Wildman–Crippen MR) is 103 cm³/mol. The average molecular weight is 378 g/mol. The standard InChI is InChI=1S/C20H14N2O4S/c1-13-2-4-14(5-3-13)18-10-17(22-12-21)11-19(27(18,25)26)15-6-8-16(9-7-15)20(23)24/h2-11H,1H3,(H,23,24). The molecule has 3 rings (SSSR count). The maximum Gasteiger partial charge on any atom is 0.335 e. The Morgan fingerprint density at radius 1 is 0.963 bits per heavy atom. The van der Waals surface area contributed by atoms with Crippen LogP contribution in [0.25, 0.3) is 9.81 Å². The summed E-state index contributed by atoms with van der Waals surface area (Å²) in [7, 11) is -3.88. The molecule has 0 saturated heterocycles. The zero-order chi connectivity index (χ0) is 19.6. The second-order valence-electron chi connectivity index (χ2n) is 5.91. The second kappa shape index (κ2) is 7.02. The molecule has 0 amide bonds. The molecular weight excluding hydrogens is 364 g/mol. The first-order valence-electron chi connectivity index (χ1n) is 7.89. The highest BCUT2D eigenvalue weighted by atomic mass is 32.2. The Bertz CT molecular complexity index is 1150. The number of sulfone groups is 1. The van der Waals surface area contributed by atoms with Gasteiger partial charge in [-0.15, -0.1) is 0 Å². The topological polar surface area (TPSA) is 108 Å². The summed E-state index contributed by atoms with van der Waals surface area (Å²) in [6, 6.07) is 12.5. The van der Waals surface area contributed by atoms with Crippen LogP contribution in [0.4, 0.5) is 0 Å². The number of hydrogen-bond donors (Lipinski definition) is 1. The number of aryl methyl sites for hydroxylation is 1. The fourth-order valence-electron chi connectivity index (χ4n) is 2.68. The number of nitriles is 1. The van der Waals surface area contributed by atoms with Gasteiger partial charge in [-0.2, -0.15) is 10.3 Å². The second-order valence-corrected chi connectivity index (χ2v) is 7.79. The number of aromatic carboxylic acids is 1. The van der Waals surface area contributed by atoms with Crippen molar-refractivity contribution in [2.75, 3.05) is 0 Å². The molecule has 27 heavy (non-hydrogen) atoms. The number of carbonyl (C=O) groups is 1. The number of aliphatic imine (C=N–C) groups is 1. The first-order valence-corrected chi connectivity index (χ1v) is 9.37. The molecule has 7 heteroatoms. The lowest BCUT2D eigenvalue weighted by Gasteiger charge is -2.17. The van der Waals surface area contributed by atoms with E-state index in [2.05, 4.69) is 4.99 Å². The molecule has 0 aliphatic carbocycles. The lowest BCUT2D eigenvalue weighted by molar-refractivity contribution is 0.0697. The van der Waals surface area contributed by atoms with Gasteiger partial charge in [0.15, 0.2) is 0 Å². The molecule has 0 saturated carbocycles. The van der Waals surface area contributed by atoms with Gasteiger partial charge in [-0.05, 0) is 42.3 Å². The van der Waals surface area contributed by atoms with Crippen molar-refractivity contribution in [2.45, 2.75) is 6.92 Å². The van der Waals surface area contributed by atoms with Gasteiger partial charge in [-0.25, -0.2) is 13.2 Å². The maximum atomic E-state index is 13.2. The van der Waals surface area contributed by atoms with E-state index in [0.29, 0.717) is 11.1 Å². The molecule has 0 fully saturated rings. The van der Waals surface area contributed by atoms with Crippen molar-refractivity contribution in [1.29, 1.82) is 5.26 Å². The number of allylic oxidation sites excluding steroid dienone is 2. The number of rotatable bonds is 3. The number of benzene rings is 2. The Morgan fingerprint density at radius 2 is 1.44 bits per heavy atom. The number of nitrogens with zero attached hydrogens (tertiary/aromatic N) is 2. The predicted octanol–water partition coefficient (Wildman–Crippen LogP) is 3.43. The maximum absolute atomic E-state index is 13.2. The highest BCUT2D eigenvalue weighted by Crippen LogP contribution is 2.36. The summed E-state index contributed by atoms with van der Waals surface area (Å²) in [6.45, 7) is 1.89. The minimum atomic E-state index is -3.88. The van der Waals surface area contributed by atoms with E-state index in [1.807, 2.05) is 6.92 Å². The van der Waals surface area contributed by atoms with Crippen LogP contribution in [0.2, 0.25) is 0 Å². The highest BCUT2D eigenvalue weighted by molar-refractivity contribution is 8.09. The monoisotopic (exact) mass is 378 g/mol. The molecule has 1 aliphatic heterocycles. The normalized spacial score (nSPS) is 17.0. The van der Waals surface area contributed by atoms with Gasteiger partial charge in [0.05, 0.1) is 21.1 Å². The van der Waals surface area contributed by atoms with Crippen molar-refractivity contribution in [2.24, 2.45) is 4.99 Å². The van der Waals surface area contributed by atoms with Crippen LogP contribution < -0.4 is 0 Å². The van der Waals surface area contributed by atoms with E-state index in [-0.39, 0.29) is 21.1 Å². The zero-order valence-electron chi connectivity index (χ0n) is 14.2. The van der Waals surface area contributed by atoms with Crippen LogP contribution in [0.5, 0.6) is 0 Å². The van der Waals surface area contributed by atoms with Gasteiger partial charge in [0.25, 0.3) is 0 Å².